The summed E-state index contributed by atoms with van der Waals surface area (Å²) in [6.07, 6.45) is 3.36. The van der Waals surface area contributed by atoms with Gasteiger partial charge in [-0.25, -0.2) is 0 Å². The average molecular weight is 458 g/mol. The van der Waals surface area contributed by atoms with Crippen LogP contribution in [0.25, 0.3) is 0 Å². The second kappa shape index (κ2) is 10.0. The van der Waals surface area contributed by atoms with E-state index in [-0.39, 0.29) is 22.6 Å². The molecule has 0 spiro atoms. The predicted molar refractivity (Wildman–Crippen MR) is 133 cm³/mol. The Bertz CT molecular complexity index is 817. The zero-order valence-electron chi connectivity index (χ0n) is 21.5. The zero-order valence-corrected chi connectivity index (χ0v) is 21.5. The number of aryl methyl sites for hydroxylation is 1. The molecule has 1 N–H and O–H groups in total. The number of piperazine rings is 1. The third-order valence-corrected chi connectivity index (χ3v) is 6.96. The van der Waals surface area contributed by atoms with Gasteiger partial charge in [0.05, 0.1) is 6.54 Å². The van der Waals surface area contributed by atoms with Gasteiger partial charge in [0.2, 0.25) is 11.8 Å². The number of amides is 2. The van der Waals surface area contributed by atoms with Crippen molar-refractivity contribution < 1.29 is 14.7 Å². The van der Waals surface area contributed by atoms with E-state index in [0.29, 0.717) is 38.2 Å². The second-order valence-corrected chi connectivity index (χ2v) is 11.8. The van der Waals surface area contributed by atoms with Crippen LogP contribution in [0, 0.1) is 0 Å². The van der Waals surface area contributed by atoms with E-state index in [2.05, 4.69) is 58.6 Å². The number of aromatic hydroxyl groups is 1. The highest BCUT2D eigenvalue weighted by Crippen LogP contribution is 2.40. The Morgan fingerprint density at radius 3 is 1.76 bits per heavy atom. The minimum atomic E-state index is -0.174. The van der Waals surface area contributed by atoms with Gasteiger partial charge in [-0.15, -0.1) is 0 Å². The van der Waals surface area contributed by atoms with Crippen molar-refractivity contribution in [3.63, 3.8) is 0 Å². The summed E-state index contributed by atoms with van der Waals surface area (Å²) in [4.78, 5) is 31.4. The normalized spacial score (nSPS) is 18.1. The lowest BCUT2D eigenvalue weighted by Crippen LogP contribution is -2.51. The summed E-state index contributed by atoms with van der Waals surface area (Å²) in [5, 5.41) is 10.9. The summed E-state index contributed by atoms with van der Waals surface area (Å²) in [5.41, 5.74) is 2.63. The molecule has 2 heterocycles. The molecule has 0 bridgehead atoms. The Morgan fingerprint density at radius 1 is 0.788 bits per heavy atom. The molecule has 0 aromatic heterocycles. The quantitative estimate of drug-likeness (QED) is 0.733. The molecule has 6 nitrogen and oxygen atoms in total. The van der Waals surface area contributed by atoms with Crippen molar-refractivity contribution in [2.45, 2.75) is 78.1 Å². The Balaban J connectivity index is 1.57. The fourth-order valence-electron chi connectivity index (χ4n) is 4.80. The Labute approximate surface area is 199 Å². The van der Waals surface area contributed by atoms with E-state index in [1.54, 1.807) is 0 Å². The van der Waals surface area contributed by atoms with Gasteiger partial charge in [-0.05, 0) is 46.8 Å². The molecular weight excluding hydrogens is 414 g/mol. The summed E-state index contributed by atoms with van der Waals surface area (Å²) in [7, 11) is 0. The van der Waals surface area contributed by atoms with Gasteiger partial charge in [-0.2, -0.15) is 0 Å². The molecule has 2 fully saturated rings. The van der Waals surface area contributed by atoms with Crippen LogP contribution < -0.4 is 0 Å². The van der Waals surface area contributed by atoms with Crippen LogP contribution in [0.3, 0.4) is 0 Å². The predicted octanol–water partition coefficient (Wildman–Crippen LogP) is 3.69. The summed E-state index contributed by atoms with van der Waals surface area (Å²) < 4.78 is 0. The first kappa shape index (κ1) is 25.5. The fraction of sp³-hybridized carbons (Fsp3) is 0.704. The molecule has 1 aromatic rings. The summed E-state index contributed by atoms with van der Waals surface area (Å²) in [6, 6.07) is 4.14. The number of nitrogens with zero attached hydrogens (tertiary/aromatic N) is 3. The highest BCUT2D eigenvalue weighted by atomic mass is 16.3. The topological polar surface area (TPSA) is 64.1 Å². The van der Waals surface area contributed by atoms with Crippen LogP contribution in [-0.4, -0.2) is 77.4 Å². The number of hydrogen-bond donors (Lipinski definition) is 1. The minimum absolute atomic E-state index is 0.170. The van der Waals surface area contributed by atoms with Crippen LogP contribution in [0.5, 0.6) is 5.75 Å². The van der Waals surface area contributed by atoms with Crippen molar-refractivity contribution >= 4 is 11.8 Å². The number of benzene rings is 1. The van der Waals surface area contributed by atoms with Gasteiger partial charge < -0.3 is 14.9 Å². The van der Waals surface area contributed by atoms with Crippen LogP contribution in [0.4, 0.5) is 0 Å². The molecule has 2 aliphatic rings. The molecule has 0 aliphatic carbocycles. The summed E-state index contributed by atoms with van der Waals surface area (Å²) in [6.45, 7) is 17.8. The monoisotopic (exact) mass is 457 g/mol. The van der Waals surface area contributed by atoms with E-state index >= 15 is 0 Å². The second-order valence-electron chi connectivity index (χ2n) is 11.8. The minimum Gasteiger partial charge on any atom is -0.507 e. The van der Waals surface area contributed by atoms with E-state index in [4.69, 9.17) is 0 Å². The molecule has 0 saturated carbocycles. The molecule has 0 unspecified atom stereocenters. The number of phenols is 1. The molecule has 2 saturated heterocycles. The van der Waals surface area contributed by atoms with E-state index in [0.717, 1.165) is 55.7 Å². The zero-order chi connectivity index (χ0) is 24.4. The van der Waals surface area contributed by atoms with Crippen molar-refractivity contribution in [1.29, 1.82) is 0 Å². The number of carbonyl (C=O) groups is 2. The fourth-order valence-corrected chi connectivity index (χ4v) is 4.80. The van der Waals surface area contributed by atoms with Crippen LogP contribution in [0.1, 0.15) is 77.5 Å². The highest BCUT2D eigenvalue weighted by molar-refractivity contribution is 5.79. The molecule has 184 valence electrons. The molecule has 3 rings (SSSR count). The molecule has 0 atom stereocenters. The number of carbonyl (C=O) groups excluding carboxylic acids is 2. The van der Waals surface area contributed by atoms with E-state index in [9.17, 15) is 14.7 Å². The first-order chi connectivity index (χ1) is 15.4. The number of rotatable bonds is 5. The van der Waals surface area contributed by atoms with Crippen molar-refractivity contribution in [2.24, 2.45) is 0 Å². The van der Waals surface area contributed by atoms with Crippen LogP contribution in [-0.2, 0) is 26.8 Å². The van der Waals surface area contributed by atoms with Crippen LogP contribution in [0.2, 0.25) is 0 Å². The van der Waals surface area contributed by atoms with E-state index in [1.165, 1.54) is 0 Å². The van der Waals surface area contributed by atoms with Crippen molar-refractivity contribution in [1.82, 2.24) is 14.7 Å². The van der Waals surface area contributed by atoms with Crippen LogP contribution >= 0.6 is 0 Å². The molecule has 1 aromatic carbocycles. The number of phenolic OH excluding ortho intramolecular Hbond substituents is 1. The standard InChI is InChI=1S/C27H43N3O3/c1-26(2,3)21-17-20(18-22(25(21)33)27(4,5)6)9-10-23(31)30-15-13-28(14-16-30)19-24(32)29-11-7-8-12-29/h17-18,33H,7-16,19H2,1-6H3. The SMILES string of the molecule is CC(C)(C)c1cc(CCC(=O)N2CCN(CC(=O)N3CCCC3)CC2)cc(C(C)(C)C)c1O. The van der Waals surface area contributed by atoms with E-state index < -0.39 is 0 Å². The lowest BCUT2D eigenvalue weighted by Gasteiger charge is -2.35. The van der Waals surface area contributed by atoms with Gasteiger partial charge in [0, 0.05) is 45.7 Å². The summed E-state index contributed by atoms with van der Waals surface area (Å²) in [5.74, 6) is 0.775. The molecule has 6 heteroatoms. The Kier molecular flexibility index (Phi) is 7.77. The van der Waals surface area contributed by atoms with Gasteiger partial charge >= 0.3 is 0 Å². The number of likely N-dealkylation sites (tertiary alicyclic amines) is 1. The van der Waals surface area contributed by atoms with Crippen LogP contribution in [0.15, 0.2) is 12.1 Å². The maximum Gasteiger partial charge on any atom is 0.236 e. The maximum absolute atomic E-state index is 12.9. The first-order valence-corrected chi connectivity index (χ1v) is 12.5. The largest absolute Gasteiger partial charge is 0.507 e. The lowest BCUT2D eigenvalue weighted by atomic mass is 9.78. The number of hydrogen-bond acceptors (Lipinski definition) is 4. The first-order valence-electron chi connectivity index (χ1n) is 12.5. The highest BCUT2D eigenvalue weighted by Gasteiger charge is 2.28. The van der Waals surface area contributed by atoms with Gasteiger partial charge in [-0.3, -0.25) is 14.5 Å². The maximum atomic E-state index is 12.9. The van der Waals surface area contributed by atoms with Crippen molar-refractivity contribution in [2.75, 3.05) is 45.8 Å². The molecule has 2 amide bonds. The van der Waals surface area contributed by atoms with Gasteiger partial charge in [0.15, 0.2) is 0 Å². The third kappa shape index (κ3) is 6.50. The van der Waals surface area contributed by atoms with Gasteiger partial charge in [-0.1, -0.05) is 53.7 Å². The average Bonchev–Trinajstić information content (AvgIpc) is 3.26. The summed E-state index contributed by atoms with van der Waals surface area (Å²) >= 11 is 0. The van der Waals surface area contributed by atoms with E-state index in [1.807, 2.05) is 9.80 Å². The Hall–Kier alpha value is -2.08. The molecule has 33 heavy (non-hydrogen) atoms. The molecule has 0 radical (unpaired) electrons. The lowest BCUT2D eigenvalue weighted by molar-refractivity contribution is -0.134. The third-order valence-electron chi connectivity index (χ3n) is 6.96. The van der Waals surface area contributed by atoms with Gasteiger partial charge in [0.25, 0.3) is 0 Å². The van der Waals surface area contributed by atoms with Crippen molar-refractivity contribution in [3.8, 4) is 5.75 Å². The van der Waals surface area contributed by atoms with Gasteiger partial charge in [0.1, 0.15) is 5.75 Å². The molecular formula is C27H43N3O3. The Morgan fingerprint density at radius 2 is 1.27 bits per heavy atom. The smallest absolute Gasteiger partial charge is 0.236 e. The molecule has 2 aliphatic heterocycles. The van der Waals surface area contributed by atoms with Crippen molar-refractivity contribution in [3.05, 3.63) is 28.8 Å².